The first kappa shape index (κ1) is 42.6. The van der Waals surface area contributed by atoms with Gasteiger partial charge in [-0.1, -0.05) is 50.2 Å². The highest BCUT2D eigenvalue weighted by molar-refractivity contribution is 6.01. The van der Waals surface area contributed by atoms with Crippen LogP contribution in [0.3, 0.4) is 0 Å². The minimum atomic E-state index is -0.875. The molecule has 0 radical (unpaired) electrons. The number of alkyl carbamates (subject to hydrolysis) is 2. The fourth-order valence-electron chi connectivity index (χ4n) is 7.75. The number of ketones is 1. The van der Waals surface area contributed by atoms with Crippen molar-refractivity contribution >= 4 is 41.7 Å². The summed E-state index contributed by atoms with van der Waals surface area (Å²) >= 11 is 0. The van der Waals surface area contributed by atoms with Crippen LogP contribution in [0, 0.1) is 5.92 Å². The van der Waals surface area contributed by atoms with Crippen molar-refractivity contribution in [3.05, 3.63) is 58.7 Å². The minimum Gasteiger partial charge on any atom is -0.456 e. The van der Waals surface area contributed by atoms with E-state index in [0.717, 1.165) is 41.5 Å². The Morgan fingerprint density at radius 1 is 0.772 bits per heavy atom. The molecular weight excluding hydrogens is 740 g/mol. The van der Waals surface area contributed by atoms with Crippen LogP contribution in [0.25, 0.3) is 11.1 Å². The van der Waals surface area contributed by atoms with Crippen LogP contribution < -0.4 is 10.6 Å². The summed E-state index contributed by atoms with van der Waals surface area (Å²) in [4.78, 5) is 91.6. The number of nitrogens with zero attached hydrogens (tertiary/aromatic N) is 2. The molecule has 0 saturated carbocycles. The monoisotopic (exact) mass is 793 g/mol. The van der Waals surface area contributed by atoms with E-state index in [2.05, 4.69) is 20.1 Å². The first-order valence-corrected chi connectivity index (χ1v) is 19.4. The Morgan fingerprint density at radius 3 is 2.04 bits per heavy atom. The summed E-state index contributed by atoms with van der Waals surface area (Å²) in [6.45, 7) is 3.28. The van der Waals surface area contributed by atoms with Crippen molar-refractivity contribution in [2.24, 2.45) is 5.92 Å². The topological polar surface area (TPSA) is 210 Å². The van der Waals surface area contributed by atoms with Gasteiger partial charge in [-0.15, -0.1) is 0 Å². The Hall–Kier alpha value is -5.51. The van der Waals surface area contributed by atoms with Gasteiger partial charge in [0, 0.05) is 24.2 Å². The number of likely N-dealkylation sites (tertiary alicyclic amines) is 2. The zero-order valence-corrected chi connectivity index (χ0v) is 32.9. The zero-order chi connectivity index (χ0) is 41.2. The molecule has 16 heteroatoms. The lowest BCUT2D eigenvalue weighted by Crippen LogP contribution is -2.54. The Morgan fingerprint density at radius 2 is 1.39 bits per heavy atom. The van der Waals surface area contributed by atoms with Gasteiger partial charge < -0.3 is 44.5 Å². The summed E-state index contributed by atoms with van der Waals surface area (Å²) < 4.78 is 20.2. The second kappa shape index (κ2) is 19.6. The van der Waals surface area contributed by atoms with Gasteiger partial charge in [-0.25, -0.2) is 19.2 Å². The van der Waals surface area contributed by atoms with E-state index < -0.39 is 60.9 Å². The van der Waals surface area contributed by atoms with Crippen molar-refractivity contribution in [2.45, 2.75) is 89.4 Å². The highest BCUT2D eigenvalue weighted by atomic mass is 16.6. The summed E-state index contributed by atoms with van der Waals surface area (Å²) in [6.07, 6.45) is 2.96. The smallest absolute Gasteiger partial charge is 0.407 e. The molecule has 2 aliphatic heterocycles. The first-order valence-electron chi connectivity index (χ1n) is 19.4. The molecule has 308 valence electrons. The molecule has 2 aromatic carbocycles. The van der Waals surface area contributed by atoms with Gasteiger partial charge in [0.25, 0.3) is 0 Å². The number of methoxy groups -OCH3 is 2. The van der Waals surface area contributed by atoms with Gasteiger partial charge in [-0.05, 0) is 79.5 Å². The van der Waals surface area contributed by atoms with Crippen LogP contribution in [0.2, 0.25) is 0 Å². The van der Waals surface area contributed by atoms with Crippen molar-refractivity contribution in [1.29, 1.82) is 0 Å². The average Bonchev–Trinajstić information content (AvgIpc) is 3.93. The normalized spacial score (nSPS) is 18.6. The third-order valence-electron chi connectivity index (χ3n) is 10.8. The van der Waals surface area contributed by atoms with E-state index in [9.17, 15) is 33.6 Å². The molecule has 2 aromatic rings. The van der Waals surface area contributed by atoms with Crippen molar-refractivity contribution < 1.29 is 57.6 Å². The third kappa shape index (κ3) is 10.3. The number of carbonyl (C=O) groups excluding carboxylic acids is 7. The number of ether oxygens (including phenoxy) is 4. The summed E-state index contributed by atoms with van der Waals surface area (Å²) in [5.74, 6) is -2.66. The molecule has 4 atom stereocenters. The van der Waals surface area contributed by atoms with E-state index >= 15 is 0 Å². The van der Waals surface area contributed by atoms with E-state index in [4.69, 9.17) is 14.6 Å². The van der Waals surface area contributed by atoms with Crippen molar-refractivity contribution in [3.8, 4) is 11.1 Å². The van der Waals surface area contributed by atoms with Gasteiger partial charge in [0.1, 0.15) is 24.7 Å². The number of carbonyl (C=O) groups is 7. The molecule has 5 rings (SSSR count). The summed E-state index contributed by atoms with van der Waals surface area (Å²) in [6, 6.07) is 8.57. The maximum Gasteiger partial charge on any atom is 0.407 e. The van der Waals surface area contributed by atoms with E-state index in [1.54, 1.807) is 19.9 Å². The molecule has 16 nitrogen and oxygen atoms in total. The number of fused-ring (bicyclic) bond motifs is 1. The van der Waals surface area contributed by atoms with Crippen molar-refractivity contribution in [2.75, 3.05) is 47.1 Å². The van der Waals surface area contributed by atoms with Crippen LogP contribution in [0.15, 0.2) is 36.4 Å². The molecule has 0 aromatic heterocycles. The van der Waals surface area contributed by atoms with E-state index in [0.29, 0.717) is 56.3 Å². The number of benzene rings is 2. The Balaban J connectivity index is 1.19. The number of rotatable bonds is 14. The molecule has 2 heterocycles. The minimum absolute atomic E-state index is 0.205. The summed E-state index contributed by atoms with van der Waals surface area (Å²) in [5, 5.41) is 13.6. The second-order valence-corrected chi connectivity index (χ2v) is 14.8. The van der Waals surface area contributed by atoms with Crippen LogP contribution in [0.1, 0.15) is 85.5 Å². The molecule has 2 saturated heterocycles. The van der Waals surface area contributed by atoms with E-state index in [1.807, 2.05) is 30.3 Å². The molecule has 0 bridgehead atoms. The second-order valence-electron chi connectivity index (χ2n) is 14.8. The number of amides is 4. The lowest BCUT2D eigenvalue weighted by atomic mass is 9.82. The van der Waals surface area contributed by atoms with Crippen LogP contribution in [0.4, 0.5) is 9.59 Å². The lowest BCUT2D eigenvalue weighted by Gasteiger charge is -2.29. The van der Waals surface area contributed by atoms with Crippen LogP contribution in [-0.2, 0) is 51.0 Å². The lowest BCUT2D eigenvalue weighted by molar-refractivity contribution is -0.156. The Bertz CT molecular complexity index is 1830. The Labute approximate surface area is 331 Å². The van der Waals surface area contributed by atoms with E-state index in [-0.39, 0.29) is 30.8 Å². The highest BCUT2D eigenvalue weighted by Gasteiger charge is 2.40. The highest BCUT2D eigenvalue weighted by Crippen LogP contribution is 2.35. The standard InChI is InChI=1S/C41H52N4O12/c1-24(2)36(43-41(53)55-4)37(49)45-20-8-12-32(45)39(51)56-22-33(46)26-15-13-25(14-16-26)27-17-18-30(29-10-6-5-9-28(27)29)34(47)23-57-38(50)31-11-7-19-44(31)35(48)21-42-40(52)54-3/h13-18,24,31-33,36,46H,5-12,19-23H2,1-4H3,(H,42,52)(H,43,53)/p+1/t31-,32-,33?,36-/m0/s1. The molecule has 0 spiro atoms. The number of Topliss-reactive ketones (excluding diaryl/α,β-unsaturated/α-hetero) is 1. The molecular formula is C41H53N4O12+. The summed E-state index contributed by atoms with van der Waals surface area (Å²) in [7, 11) is 2.40. The quantitative estimate of drug-likeness (QED) is 0.123. The zero-order valence-electron chi connectivity index (χ0n) is 32.9. The average molecular weight is 794 g/mol. The molecule has 1 unspecified atom stereocenters. The van der Waals surface area contributed by atoms with Crippen molar-refractivity contribution in [3.63, 3.8) is 0 Å². The maximum atomic E-state index is 13.5. The number of hydrogen-bond donors (Lipinski definition) is 2. The molecule has 3 aliphatic rings. The molecule has 2 fully saturated rings. The van der Waals surface area contributed by atoms with Gasteiger partial charge in [0.05, 0.1) is 14.2 Å². The number of nitrogens with one attached hydrogen (secondary N) is 2. The molecule has 4 N–H and O–H groups in total. The van der Waals surface area contributed by atoms with Gasteiger partial charge in [-0.2, -0.15) is 0 Å². The van der Waals surface area contributed by atoms with Crippen LogP contribution >= 0.6 is 0 Å². The van der Waals surface area contributed by atoms with Gasteiger partial charge in [-0.3, -0.25) is 14.4 Å². The SMILES string of the molecule is COC(=O)NCC(=O)N1CCC[C@H]1C(=O)OCC(=O)c1ccc(-c2ccc(C([OH2+])COC(=O)[C@@H]3CCCN3C(=O)[C@@H](NC(=O)OC)C(C)C)cc2)c2c1CCCC2. The van der Waals surface area contributed by atoms with E-state index in [1.165, 1.54) is 24.0 Å². The molecule has 1 aliphatic carbocycles. The maximum absolute atomic E-state index is 13.5. The van der Waals surface area contributed by atoms with Gasteiger partial charge >= 0.3 is 24.1 Å². The number of hydrogen-bond acceptors (Lipinski definition) is 11. The third-order valence-corrected chi connectivity index (χ3v) is 10.8. The fraction of sp³-hybridized carbons (Fsp3) is 0.537. The fourth-order valence-corrected chi connectivity index (χ4v) is 7.75. The number of esters is 2. The molecule has 57 heavy (non-hydrogen) atoms. The predicted octanol–water partition coefficient (Wildman–Crippen LogP) is 2.99. The van der Waals surface area contributed by atoms with Crippen molar-refractivity contribution in [1.82, 2.24) is 20.4 Å². The van der Waals surface area contributed by atoms with Crippen LogP contribution in [-0.4, -0.2) is 122 Å². The van der Waals surface area contributed by atoms with Crippen LogP contribution in [0.5, 0.6) is 0 Å². The largest absolute Gasteiger partial charge is 0.456 e. The van der Waals surface area contributed by atoms with Gasteiger partial charge in [0.2, 0.25) is 23.7 Å². The predicted molar refractivity (Wildman–Crippen MR) is 205 cm³/mol. The summed E-state index contributed by atoms with van der Waals surface area (Å²) in [5.41, 5.74) is 4.96. The first-order chi connectivity index (χ1) is 27.3. The van der Waals surface area contributed by atoms with Gasteiger partial charge in [0.15, 0.2) is 13.2 Å². The Kier molecular flexibility index (Phi) is 14.6. The molecule has 4 amide bonds.